The molecular formula is C17H18N2O5. The molecule has 0 aliphatic heterocycles. The van der Waals surface area contributed by atoms with Gasteiger partial charge in [0.25, 0.3) is 5.69 Å². The first-order chi connectivity index (χ1) is 11.2. The van der Waals surface area contributed by atoms with Crippen LogP contribution >= 0.6 is 0 Å². The van der Waals surface area contributed by atoms with E-state index >= 15 is 0 Å². The van der Waals surface area contributed by atoms with Gasteiger partial charge >= 0.3 is 0 Å². The van der Waals surface area contributed by atoms with Gasteiger partial charge in [-0.3, -0.25) is 14.9 Å². The Bertz CT molecular complexity index is 824. The van der Waals surface area contributed by atoms with Crippen LogP contribution in [0.5, 0.6) is 0 Å². The number of aliphatic hydroxyl groups is 1. The van der Waals surface area contributed by atoms with Crippen LogP contribution in [0.2, 0.25) is 0 Å². The zero-order chi connectivity index (χ0) is 17.6. The van der Waals surface area contributed by atoms with Gasteiger partial charge in [0.05, 0.1) is 22.1 Å². The molecule has 24 heavy (non-hydrogen) atoms. The minimum Gasteiger partial charge on any atom is -0.389 e. The number of aromatic nitrogens is 1. The van der Waals surface area contributed by atoms with Crippen LogP contribution in [0.4, 0.5) is 5.69 Å². The van der Waals surface area contributed by atoms with Crippen LogP contribution in [-0.4, -0.2) is 26.6 Å². The lowest BCUT2D eigenvalue weighted by Crippen LogP contribution is -2.48. The lowest BCUT2D eigenvalue weighted by Gasteiger charge is -2.40. The Balaban J connectivity index is 2.24. The van der Waals surface area contributed by atoms with E-state index in [4.69, 9.17) is 4.52 Å². The Hall–Kier alpha value is -2.54. The number of hydrogen-bond acceptors (Lipinski definition) is 6. The zero-order valence-electron chi connectivity index (χ0n) is 13.6. The first kappa shape index (κ1) is 16.3. The molecule has 7 nitrogen and oxygen atoms in total. The summed E-state index contributed by atoms with van der Waals surface area (Å²) < 4.78 is 5.26. The van der Waals surface area contributed by atoms with Gasteiger partial charge < -0.3 is 9.63 Å². The quantitative estimate of drug-likeness (QED) is 0.684. The number of carbonyl (C=O) groups is 1. The number of ketones is 1. The maximum atomic E-state index is 12.3. The second-order valence-corrected chi connectivity index (χ2v) is 6.55. The molecule has 0 saturated heterocycles. The Kier molecular flexibility index (Phi) is 3.76. The van der Waals surface area contributed by atoms with Gasteiger partial charge in [-0.15, -0.1) is 0 Å². The van der Waals surface area contributed by atoms with Crippen molar-refractivity contribution in [3.8, 4) is 0 Å². The number of fused-ring (bicyclic) bond motifs is 1. The Morgan fingerprint density at radius 3 is 2.83 bits per heavy atom. The molecule has 1 aliphatic carbocycles. The normalized spacial score (nSPS) is 26.0. The van der Waals surface area contributed by atoms with Crippen LogP contribution in [-0.2, 0) is 11.2 Å². The number of non-ortho nitro benzene ring substituents is 1. The van der Waals surface area contributed by atoms with Crippen molar-refractivity contribution in [3.05, 3.63) is 57.0 Å². The first-order valence-corrected chi connectivity index (χ1v) is 7.64. The summed E-state index contributed by atoms with van der Waals surface area (Å²) in [6, 6.07) is 6.15. The lowest BCUT2D eigenvalue weighted by molar-refractivity contribution is -0.384. The molecule has 7 heteroatoms. The third-order valence-corrected chi connectivity index (χ3v) is 4.70. The molecule has 1 aliphatic rings. The predicted octanol–water partition coefficient (Wildman–Crippen LogP) is 2.54. The molecule has 0 spiro atoms. The minimum atomic E-state index is -1.31. The number of rotatable bonds is 3. The maximum absolute atomic E-state index is 12.3. The van der Waals surface area contributed by atoms with Crippen LogP contribution in [0, 0.1) is 23.0 Å². The van der Waals surface area contributed by atoms with Gasteiger partial charge in [-0.25, -0.2) is 0 Å². The summed E-state index contributed by atoms with van der Waals surface area (Å²) in [7, 11) is 0. The van der Waals surface area contributed by atoms with Gasteiger partial charge in [0.2, 0.25) is 0 Å². The first-order valence-electron chi connectivity index (χ1n) is 7.64. The van der Waals surface area contributed by atoms with Crippen LogP contribution in [0.25, 0.3) is 0 Å². The van der Waals surface area contributed by atoms with Crippen molar-refractivity contribution in [2.45, 2.75) is 38.7 Å². The average Bonchev–Trinajstić information content (AvgIpc) is 2.85. The Morgan fingerprint density at radius 2 is 2.21 bits per heavy atom. The second kappa shape index (κ2) is 5.52. The molecule has 1 N–H and O–H groups in total. The van der Waals surface area contributed by atoms with Gasteiger partial charge in [-0.1, -0.05) is 17.3 Å². The van der Waals surface area contributed by atoms with E-state index in [1.165, 1.54) is 19.1 Å². The topological polar surface area (TPSA) is 106 Å². The summed E-state index contributed by atoms with van der Waals surface area (Å²) >= 11 is 0. The standard InChI is InChI=1S/C17H18N2O5/c1-9(20)16-15(11-5-4-6-12(7-11)19(22)23)14-10(2)24-18-13(14)8-17(16,3)21/h4-7,15-16,21H,8H2,1-3H3/t15-,16+,17+/m0/s1. The highest BCUT2D eigenvalue weighted by molar-refractivity contribution is 5.82. The Morgan fingerprint density at radius 1 is 1.50 bits per heavy atom. The average molecular weight is 330 g/mol. The van der Waals surface area contributed by atoms with Gasteiger partial charge in [0.15, 0.2) is 0 Å². The Labute approximate surface area is 138 Å². The molecule has 3 atom stereocenters. The summed E-state index contributed by atoms with van der Waals surface area (Å²) in [5, 5.41) is 25.9. The van der Waals surface area contributed by atoms with Crippen molar-refractivity contribution in [2.75, 3.05) is 0 Å². The van der Waals surface area contributed by atoms with Gasteiger partial charge in [0, 0.05) is 30.0 Å². The van der Waals surface area contributed by atoms with Crippen molar-refractivity contribution in [3.63, 3.8) is 0 Å². The SMILES string of the molecule is CC(=O)[C@@H]1[C@@H](c2cccc([N+](=O)[O-])c2)c2c(noc2C)C[C@@]1(C)O. The number of aryl methyl sites for hydroxylation is 1. The number of nitrogens with zero attached hydrogens (tertiary/aromatic N) is 2. The minimum absolute atomic E-state index is 0.0596. The molecule has 126 valence electrons. The summed E-state index contributed by atoms with van der Waals surface area (Å²) in [4.78, 5) is 22.9. The fourth-order valence-corrected chi connectivity index (χ4v) is 3.79. The van der Waals surface area contributed by atoms with Gasteiger partial charge in [-0.2, -0.15) is 0 Å². The molecule has 1 heterocycles. The molecule has 1 aromatic heterocycles. The van der Waals surface area contributed by atoms with E-state index in [2.05, 4.69) is 5.16 Å². The van der Waals surface area contributed by atoms with Crippen LogP contribution in [0.1, 0.15) is 42.3 Å². The highest BCUT2D eigenvalue weighted by Gasteiger charge is 2.49. The highest BCUT2D eigenvalue weighted by Crippen LogP contribution is 2.47. The molecule has 0 bridgehead atoms. The smallest absolute Gasteiger partial charge is 0.269 e. The van der Waals surface area contributed by atoms with Crippen LogP contribution in [0.15, 0.2) is 28.8 Å². The number of carbonyl (C=O) groups excluding carboxylic acids is 1. The summed E-state index contributed by atoms with van der Waals surface area (Å²) in [6.07, 6.45) is 0.204. The monoisotopic (exact) mass is 330 g/mol. The molecule has 0 unspecified atom stereocenters. The van der Waals surface area contributed by atoms with Crippen molar-refractivity contribution >= 4 is 11.5 Å². The van der Waals surface area contributed by atoms with Crippen LogP contribution in [0.3, 0.4) is 0 Å². The van der Waals surface area contributed by atoms with Crippen LogP contribution < -0.4 is 0 Å². The van der Waals surface area contributed by atoms with E-state index < -0.39 is 22.4 Å². The number of benzene rings is 1. The molecule has 0 fully saturated rings. The van der Waals surface area contributed by atoms with Gasteiger partial charge in [-0.05, 0) is 26.3 Å². The molecule has 0 radical (unpaired) electrons. The fourth-order valence-electron chi connectivity index (χ4n) is 3.79. The summed E-state index contributed by atoms with van der Waals surface area (Å²) in [6.45, 7) is 4.76. The van der Waals surface area contributed by atoms with Crippen molar-refractivity contribution in [1.82, 2.24) is 5.16 Å². The number of Topliss-reactive ketones (excluding diaryl/α,β-unsaturated/α-hetero) is 1. The predicted molar refractivity (Wildman–Crippen MR) is 84.7 cm³/mol. The highest BCUT2D eigenvalue weighted by atomic mass is 16.6. The zero-order valence-corrected chi connectivity index (χ0v) is 13.6. The number of nitro benzene ring substituents is 1. The van der Waals surface area contributed by atoms with E-state index in [-0.39, 0.29) is 17.9 Å². The lowest BCUT2D eigenvalue weighted by atomic mass is 9.64. The van der Waals surface area contributed by atoms with E-state index in [9.17, 15) is 20.0 Å². The molecule has 3 rings (SSSR count). The third-order valence-electron chi connectivity index (χ3n) is 4.70. The summed E-state index contributed by atoms with van der Waals surface area (Å²) in [5.41, 5.74) is 0.554. The van der Waals surface area contributed by atoms with E-state index in [1.54, 1.807) is 26.0 Å². The molecule has 1 aromatic carbocycles. The van der Waals surface area contributed by atoms with E-state index in [0.29, 0.717) is 17.0 Å². The number of hydrogen-bond donors (Lipinski definition) is 1. The molecule has 0 amide bonds. The van der Waals surface area contributed by atoms with Crippen molar-refractivity contribution < 1.29 is 19.3 Å². The molecule has 0 saturated carbocycles. The molecule has 2 aromatic rings. The third kappa shape index (κ3) is 2.50. The maximum Gasteiger partial charge on any atom is 0.269 e. The van der Waals surface area contributed by atoms with E-state index in [1.807, 2.05) is 0 Å². The van der Waals surface area contributed by atoms with E-state index in [0.717, 1.165) is 5.56 Å². The second-order valence-electron chi connectivity index (χ2n) is 6.55. The van der Waals surface area contributed by atoms with Crippen molar-refractivity contribution in [2.24, 2.45) is 5.92 Å². The largest absolute Gasteiger partial charge is 0.389 e. The van der Waals surface area contributed by atoms with Crippen molar-refractivity contribution in [1.29, 1.82) is 0 Å². The fraction of sp³-hybridized carbons (Fsp3) is 0.412. The number of nitro groups is 1. The van der Waals surface area contributed by atoms with Gasteiger partial charge in [0.1, 0.15) is 11.5 Å². The molecular weight excluding hydrogens is 312 g/mol. The summed E-state index contributed by atoms with van der Waals surface area (Å²) in [5.74, 6) is -0.886.